The third-order valence-corrected chi connectivity index (χ3v) is 5.03. The van der Waals surface area contributed by atoms with Crippen LogP contribution in [0.3, 0.4) is 0 Å². The summed E-state index contributed by atoms with van der Waals surface area (Å²) < 4.78 is 5.39. The first-order valence-corrected chi connectivity index (χ1v) is 9.49. The van der Waals surface area contributed by atoms with Crippen molar-refractivity contribution in [2.75, 3.05) is 36.5 Å². The topological polar surface area (TPSA) is 41.6 Å². The molecule has 1 aliphatic heterocycles. The molecule has 4 nitrogen and oxygen atoms in total. The van der Waals surface area contributed by atoms with Gasteiger partial charge in [0.1, 0.15) is 0 Å². The summed E-state index contributed by atoms with van der Waals surface area (Å²) in [6.45, 7) is 3.37. The van der Waals surface area contributed by atoms with Gasteiger partial charge in [0.05, 0.1) is 13.2 Å². The van der Waals surface area contributed by atoms with E-state index in [2.05, 4.69) is 52.7 Å². The van der Waals surface area contributed by atoms with Crippen molar-refractivity contribution in [2.24, 2.45) is 0 Å². The second-order valence-electron chi connectivity index (χ2n) is 6.83. The predicted molar refractivity (Wildman–Crippen MR) is 110 cm³/mol. The zero-order valence-electron chi connectivity index (χ0n) is 15.4. The zero-order chi connectivity index (χ0) is 18.5. The molecule has 0 radical (unpaired) electrons. The van der Waals surface area contributed by atoms with Gasteiger partial charge in [0.15, 0.2) is 0 Å². The number of nitrogens with zero attached hydrogens (tertiary/aromatic N) is 1. The van der Waals surface area contributed by atoms with Crippen molar-refractivity contribution in [1.29, 1.82) is 0 Å². The first-order valence-electron chi connectivity index (χ1n) is 9.49. The summed E-state index contributed by atoms with van der Waals surface area (Å²) in [5, 5.41) is 5.45. The van der Waals surface area contributed by atoms with Crippen molar-refractivity contribution in [1.82, 2.24) is 0 Å². The molecule has 1 fully saturated rings. The maximum absolute atomic E-state index is 12.4. The molecule has 0 aliphatic carbocycles. The Morgan fingerprint density at radius 3 is 2.48 bits per heavy atom. The molecule has 1 aliphatic rings. The van der Waals surface area contributed by atoms with E-state index < -0.39 is 0 Å². The highest BCUT2D eigenvalue weighted by molar-refractivity contribution is 5.92. The van der Waals surface area contributed by atoms with Crippen molar-refractivity contribution in [3.05, 3.63) is 72.3 Å². The Kier molecular flexibility index (Phi) is 5.35. The third kappa shape index (κ3) is 4.29. The molecule has 27 heavy (non-hydrogen) atoms. The van der Waals surface area contributed by atoms with Gasteiger partial charge in [-0.15, -0.1) is 0 Å². The Bertz CT molecular complexity index is 910. The van der Waals surface area contributed by atoms with Crippen molar-refractivity contribution in [3.8, 4) is 0 Å². The van der Waals surface area contributed by atoms with Crippen molar-refractivity contribution in [3.63, 3.8) is 0 Å². The smallest absolute Gasteiger partial charge is 0.224 e. The summed E-state index contributed by atoms with van der Waals surface area (Å²) in [5.41, 5.74) is 3.23. The zero-order valence-corrected chi connectivity index (χ0v) is 15.4. The quantitative estimate of drug-likeness (QED) is 0.740. The van der Waals surface area contributed by atoms with E-state index in [1.165, 1.54) is 22.0 Å². The molecule has 0 aromatic heterocycles. The van der Waals surface area contributed by atoms with E-state index in [4.69, 9.17) is 4.74 Å². The highest BCUT2D eigenvalue weighted by Crippen LogP contribution is 2.21. The van der Waals surface area contributed by atoms with Crippen LogP contribution in [0.5, 0.6) is 0 Å². The van der Waals surface area contributed by atoms with Crippen molar-refractivity contribution < 1.29 is 9.53 Å². The molecule has 0 bridgehead atoms. The van der Waals surface area contributed by atoms with E-state index in [1.807, 2.05) is 24.3 Å². The van der Waals surface area contributed by atoms with Gasteiger partial charge in [-0.1, -0.05) is 42.5 Å². The fourth-order valence-electron chi connectivity index (χ4n) is 3.56. The first kappa shape index (κ1) is 17.6. The van der Waals surface area contributed by atoms with Crippen LogP contribution in [0, 0.1) is 0 Å². The number of fused-ring (bicyclic) bond motifs is 1. The molecule has 3 aromatic rings. The minimum absolute atomic E-state index is 0.0436. The molecule has 3 aromatic carbocycles. The van der Waals surface area contributed by atoms with Gasteiger partial charge in [-0.05, 0) is 47.0 Å². The number of benzene rings is 3. The summed E-state index contributed by atoms with van der Waals surface area (Å²) >= 11 is 0. The van der Waals surface area contributed by atoms with E-state index >= 15 is 0 Å². The lowest BCUT2D eigenvalue weighted by molar-refractivity contribution is -0.116. The lowest BCUT2D eigenvalue weighted by Gasteiger charge is -2.28. The van der Waals surface area contributed by atoms with Gasteiger partial charge in [0.25, 0.3) is 0 Å². The second kappa shape index (κ2) is 8.23. The fourth-order valence-corrected chi connectivity index (χ4v) is 3.56. The minimum atomic E-state index is 0.0436. The van der Waals surface area contributed by atoms with Gasteiger partial charge in [-0.2, -0.15) is 0 Å². The van der Waals surface area contributed by atoms with Gasteiger partial charge in [-0.25, -0.2) is 0 Å². The number of nitrogens with one attached hydrogen (secondary N) is 1. The molecule has 4 heteroatoms. The minimum Gasteiger partial charge on any atom is -0.378 e. The molecular formula is C23H24N2O2. The van der Waals surface area contributed by atoms with E-state index in [1.54, 1.807) is 0 Å². The van der Waals surface area contributed by atoms with Crippen LogP contribution >= 0.6 is 0 Å². The van der Waals surface area contributed by atoms with Crippen LogP contribution < -0.4 is 10.2 Å². The maximum Gasteiger partial charge on any atom is 0.224 e. The van der Waals surface area contributed by atoms with Gasteiger partial charge in [0.2, 0.25) is 5.91 Å². The van der Waals surface area contributed by atoms with Crippen LogP contribution in [0.1, 0.15) is 12.0 Å². The Labute approximate surface area is 159 Å². The molecule has 0 unspecified atom stereocenters. The summed E-state index contributed by atoms with van der Waals surface area (Å²) in [4.78, 5) is 14.7. The highest BCUT2D eigenvalue weighted by atomic mass is 16.5. The largest absolute Gasteiger partial charge is 0.378 e. The van der Waals surface area contributed by atoms with Crippen LogP contribution in [0.2, 0.25) is 0 Å². The Morgan fingerprint density at radius 2 is 1.67 bits per heavy atom. The normalized spacial score (nSPS) is 14.3. The third-order valence-electron chi connectivity index (χ3n) is 5.03. The number of hydrogen-bond donors (Lipinski definition) is 1. The molecule has 0 atom stereocenters. The molecule has 0 spiro atoms. The van der Waals surface area contributed by atoms with Crippen LogP contribution in [-0.4, -0.2) is 32.2 Å². The number of carbonyl (C=O) groups is 1. The summed E-state index contributed by atoms with van der Waals surface area (Å²) in [6.07, 6.45) is 1.21. The number of aryl methyl sites for hydroxylation is 1. The average Bonchev–Trinajstić information content (AvgIpc) is 2.73. The lowest BCUT2D eigenvalue weighted by Crippen LogP contribution is -2.36. The molecule has 138 valence electrons. The summed E-state index contributed by atoms with van der Waals surface area (Å²) in [6, 6.07) is 22.6. The fraction of sp³-hybridized carbons (Fsp3) is 0.261. The van der Waals surface area contributed by atoms with E-state index in [0.717, 1.165) is 38.4 Å². The number of carbonyl (C=O) groups excluding carboxylic acids is 1. The Morgan fingerprint density at radius 1 is 0.926 bits per heavy atom. The van der Waals surface area contributed by atoms with Gasteiger partial charge in [0, 0.05) is 30.9 Å². The summed E-state index contributed by atoms with van der Waals surface area (Å²) in [5.74, 6) is 0.0436. The number of amides is 1. The number of rotatable bonds is 5. The van der Waals surface area contributed by atoms with E-state index in [-0.39, 0.29) is 5.91 Å². The molecule has 1 N–H and O–H groups in total. The first-order chi connectivity index (χ1) is 13.3. The van der Waals surface area contributed by atoms with Crippen LogP contribution in [0.25, 0.3) is 10.8 Å². The van der Waals surface area contributed by atoms with Crippen molar-refractivity contribution in [2.45, 2.75) is 12.8 Å². The van der Waals surface area contributed by atoms with E-state index in [9.17, 15) is 4.79 Å². The highest BCUT2D eigenvalue weighted by Gasteiger charge is 2.11. The number of anilines is 2. The molecule has 4 rings (SSSR count). The van der Waals surface area contributed by atoms with Crippen LogP contribution in [0.4, 0.5) is 11.4 Å². The average molecular weight is 360 g/mol. The number of morpholine rings is 1. The molecule has 1 saturated heterocycles. The standard InChI is InChI=1S/C23H24N2O2/c26-23(13-8-19-6-3-5-18-4-1-2-7-22(18)19)24-20-9-11-21(12-10-20)25-14-16-27-17-15-25/h1-7,9-12H,8,13-17H2,(H,24,26). The Hall–Kier alpha value is -2.85. The lowest BCUT2D eigenvalue weighted by atomic mass is 10.0. The van der Waals surface area contributed by atoms with Gasteiger partial charge in [-0.3, -0.25) is 4.79 Å². The van der Waals surface area contributed by atoms with Crippen molar-refractivity contribution >= 4 is 28.1 Å². The van der Waals surface area contributed by atoms with Crippen LogP contribution in [0.15, 0.2) is 66.7 Å². The van der Waals surface area contributed by atoms with Crippen LogP contribution in [-0.2, 0) is 16.0 Å². The number of ether oxygens (including phenoxy) is 1. The molecular weight excluding hydrogens is 336 g/mol. The Balaban J connectivity index is 1.35. The molecule has 1 heterocycles. The number of hydrogen-bond acceptors (Lipinski definition) is 3. The monoisotopic (exact) mass is 360 g/mol. The van der Waals surface area contributed by atoms with Gasteiger partial charge < -0.3 is 15.0 Å². The second-order valence-corrected chi connectivity index (χ2v) is 6.83. The van der Waals surface area contributed by atoms with Gasteiger partial charge >= 0.3 is 0 Å². The molecule has 1 amide bonds. The molecule has 0 saturated carbocycles. The SMILES string of the molecule is O=C(CCc1cccc2ccccc12)Nc1ccc(N2CCOCC2)cc1. The maximum atomic E-state index is 12.4. The van der Waals surface area contributed by atoms with E-state index in [0.29, 0.717) is 6.42 Å². The summed E-state index contributed by atoms with van der Waals surface area (Å²) in [7, 11) is 0. The predicted octanol–water partition coefficient (Wildman–Crippen LogP) is 4.25.